The number of piperidine rings is 1. The molecule has 3 rings (SSSR count). The fourth-order valence-electron chi connectivity index (χ4n) is 4.64. The van der Waals surface area contributed by atoms with Gasteiger partial charge >= 0.3 is 0 Å². The second kappa shape index (κ2) is 14.0. The van der Waals surface area contributed by atoms with E-state index in [0.29, 0.717) is 18.2 Å². The number of nitrogens with zero attached hydrogens (tertiary/aromatic N) is 3. The van der Waals surface area contributed by atoms with Crippen LogP contribution in [0.25, 0.3) is 0 Å². The summed E-state index contributed by atoms with van der Waals surface area (Å²) in [5, 5.41) is 3.52. The van der Waals surface area contributed by atoms with Crippen molar-refractivity contribution in [1.29, 1.82) is 0 Å². The molecule has 0 amide bonds. The fourth-order valence-corrected chi connectivity index (χ4v) is 4.64. The van der Waals surface area contributed by atoms with Gasteiger partial charge in [-0.05, 0) is 71.4 Å². The van der Waals surface area contributed by atoms with E-state index in [1.165, 1.54) is 45.2 Å². The molecule has 0 aromatic rings. The monoisotopic (exact) mass is 522 g/mol. The van der Waals surface area contributed by atoms with Gasteiger partial charge < -0.3 is 19.7 Å². The van der Waals surface area contributed by atoms with E-state index in [2.05, 4.69) is 29.0 Å². The van der Waals surface area contributed by atoms with Crippen molar-refractivity contribution in [2.24, 2.45) is 4.99 Å². The lowest BCUT2D eigenvalue weighted by Crippen LogP contribution is -2.48. The summed E-state index contributed by atoms with van der Waals surface area (Å²) in [5.41, 5.74) is 0. The fraction of sp³-hybridized carbons (Fsp3) is 0.955. The molecule has 0 spiro atoms. The number of nitrogens with one attached hydrogen (secondary N) is 1. The zero-order valence-electron chi connectivity index (χ0n) is 18.6. The molecule has 0 aromatic heterocycles. The van der Waals surface area contributed by atoms with Gasteiger partial charge in [-0.15, -0.1) is 24.0 Å². The summed E-state index contributed by atoms with van der Waals surface area (Å²) in [5.74, 6) is 1.09. The number of hydrogen-bond donors (Lipinski definition) is 1. The van der Waals surface area contributed by atoms with Gasteiger partial charge in [0.05, 0.1) is 25.4 Å². The second-order valence-corrected chi connectivity index (χ2v) is 8.51. The molecule has 29 heavy (non-hydrogen) atoms. The average molecular weight is 523 g/mol. The van der Waals surface area contributed by atoms with Gasteiger partial charge in [-0.3, -0.25) is 9.89 Å². The average Bonchev–Trinajstić information content (AvgIpc) is 3.28. The van der Waals surface area contributed by atoms with Crippen LogP contribution in [0, 0.1) is 0 Å². The minimum absolute atomic E-state index is 0. The lowest BCUT2D eigenvalue weighted by molar-refractivity contribution is -0.0721. The van der Waals surface area contributed by atoms with Crippen LogP contribution in [0.5, 0.6) is 0 Å². The van der Waals surface area contributed by atoms with E-state index >= 15 is 0 Å². The zero-order valence-corrected chi connectivity index (χ0v) is 20.9. The van der Waals surface area contributed by atoms with Crippen LogP contribution >= 0.6 is 24.0 Å². The molecule has 3 aliphatic rings. The standard InChI is InChI=1S/C22H42N4O2.HI/c1-3-19(25-12-6-7-13-25)17-24-22(23-4-2)26-14-10-20(11-15-26)28-18-21-9-5-8-16-27-21;/h19-21H,3-18H2,1-2H3,(H,23,24);1H. The van der Waals surface area contributed by atoms with Crippen LogP contribution < -0.4 is 5.32 Å². The van der Waals surface area contributed by atoms with E-state index < -0.39 is 0 Å². The number of halogens is 1. The number of hydrogen-bond acceptors (Lipinski definition) is 4. The molecule has 1 N–H and O–H groups in total. The van der Waals surface area contributed by atoms with Crippen molar-refractivity contribution in [3.63, 3.8) is 0 Å². The third-order valence-corrected chi connectivity index (χ3v) is 6.45. The number of guanidine groups is 1. The van der Waals surface area contributed by atoms with Gasteiger partial charge in [0.25, 0.3) is 0 Å². The lowest BCUT2D eigenvalue weighted by atomic mass is 10.1. The van der Waals surface area contributed by atoms with Crippen LogP contribution in [-0.2, 0) is 9.47 Å². The summed E-state index contributed by atoms with van der Waals surface area (Å²) in [4.78, 5) is 10.1. The van der Waals surface area contributed by atoms with Crippen molar-refractivity contribution in [1.82, 2.24) is 15.1 Å². The minimum Gasteiger partial charge on any atom is -0.376 e. The van der Waals surface area contributed by atoms with Crippen LogP contribution in [0.1, 0.15) is 65.2 Å². The van der Waals surface area contributed by atoms with Gasteiger partial charge in [0.2, 0.25) is 0 Å². The third kappa shape index (κ3) is 8.15. The Hall–Kier alpha value is -0.120. The van der Waals surface area contributed by atoms with Crippen LogP contribution in [-0.4, -0.2) is 86.5 Å². The Bertz CT molecular complexity index is 460. The van der Waals surface area contributed by atoms with Crippen molar-refractivity contribution in [3.05, 3.63) is 0 Å². The van der Waals surface area contributed by atoms with E-state index in [9.17, 15) is 0 Å². The first kappa shape index (κ1) is 25.1. The molecule has 0 bridgehead atoms. The van der Waals surface area contributed by atoms with E-state index in [-0.39, 0.29) is 24.0 Å². The van der Waals surface area contributed by atoms with Crippen LogP contribution in [0.3, 0.4) is 0 Å². The molecule has 3 aliphatic heterocycles. The summed E-state index contributed by atoms with van der Waals surface area (Å²) in [6, 6.07) is 0.590. The predicted octanol–water partition coefficient (Wildman–Crippen LogP) is 3.49. The Morgan fingerprint density at radius 3 is 2.45 bits per heavy atom. The number of likely N-dealkylation sites (tertiary alicyclic amines) is 2. The van der Waals surface area contributed by atoms with Crippen molar-refractivity contribution < 1.29 is 9.47 Å². The molecule has 3 fully saturated rings. The number of aliphatic imine (C=N–C) groups is 1. The smallest absolute Gasteiger partial charge is 0.193 e. The highest BCUT2D eigenvalue weighted by molar-refractivity contribution is 14.0. The van der Waals surface area contributed by atoms with Gasteiger partial charge in [0, 0.05) is 32.3 Å². The quantitative estimate of drug-likeness (QED) is 0.301. The Kier molecular flexibility index (Phi) is 12.2. The van der Waals surface area contributed by atoms with E-state index in [1.807, 2.05) is 0 Å². The highest BCUT2D eigenvalue weighted by Gasteiger charge is 2.25. The maximum atomic E-state index is 6.17. The van der Waals surface area contributed by atoms with Gasteiger partial charge in [-0.1, -0.05) is 6.92 Å². The topological polar surface area (TPSA) is 49.3 Å². The molecule has 0 aliphatic carbocycles. The summed E-state index contributed by atoms with van der Waals surface area (Å²) < 4.78 is 12.0. The third-order valence-electron chi connectivity index (χ3n) is 6.45. The second-order valence-electron chi connectivity index (χ2n) is 8.51. The summed E-state index contributed by atoms with van der Waals surface area (Å²) in [6.45, 7) is 12.5. The van der Waals surface area contributed by atoms with Gasteiger partial charge in [0.1, 0.15) is 0 Å². The van der Waals surface area contributed by atoms with E-state index in [0.717, 1.165) is 64.6 Å². The largest absolute Gasteiger partial charge is 0.376 e. The summed E-state index contributed by atoms with van der Waals surface area (Å²) in [6.07, 6.45) is 10.4. The summed E-state index contributed by atoms with van der Waals surface area (Å²) in [7, 11) is 0. The molecule has 3 saturated heterocycles. The summed E-state index contributed by atoms with van der Waals surface area (Å²) >= 11 is 0. The van der Waals surface area contributed by atoms with Gasteiger partial charge in [-0.2, -0.15) is 0 Å². The molecular weight excluding hydrogens is 479 g/mol. The maximum absolute atomic E-state index is 6.17. The highest BCUT2D eigenvalue weighted by atomic mass is 127. The minimum atomic E-state index is 0. The molecule has 170 valence electrons. The molecule has 0 aromatic carbocycles. The zero-order chi connectivity index (χ0) is 19.6. The Morgan fingerprint density at radius 1 is 1.07 bits per heavy atom. The Morgan fingerprint density at radius 2 is 1.83 bits per heavy atom. The van der Waals surface area contributed by atoms with Crippen molar-refractivity contribution in [3.8, 4) is 0 Å². The Labute approximate surface area is 195 Å². The predicted molar refractivity (Wildman–Crippen MR) is 130 cm³/mol. The van der Waals surface area contributed by atoms with Crippen LogP contribution in [0.2, 0.25) is 0 Å². The van der Waals surface area contributed by atoms with E-state index in [1.54, 1.807) is 0 Å². The van der Waals surface area contributed by atoms with Gasteiger partial charge in [-0.25, -0.2) is 0 Å². The maximum Gasteiger partial charge on any atom is 0.193 e. The van der Waals surface area contributed by atoms with E-state index in [4.69, 9.17) is 14.5 Å². The first-order chi connectivity index (χ1) is 13.8. The molecule has 0 saturated carbocycles. The molecule has 2 unspecified atom stereocenters. The van der Waals surface area contributed by atoms with Crippen molar-refractivity contribution >= 4 is 29.9 Å². The van der Waals surface area contributed by atoms with Crippen LogP contribution in [0.4, 0.5) is 0 Å². The highest BCUT2D eigenvalue weighted by Crippen LogP contribution is 2.18. The Balaban J connectivity index is 0.00000300. The lowest BCUT2D eigenvalue weighted by Gasteiger charge is -2.35. The first-order valence-corrected chi connectivity index (χ1v) is 11.8. The molecular formula is C22H43IN4O2. The van der Waals surface area contributed by atoms with Gasteiger partial charge in [0.15, 0.2) is 5.96 Å². The SMILES string of the molecule is CCNC(=NCC(CC)N1CCCC1)N1CCC(OCC2CCCCO2)CC1.I. The molecule has 6 nitrogen and oxygen atoms in total. The van der Waals surface area contributed by atoms with Crippen LogP contribution in [0.15, 0.2) is 4.99 Å². The first-order valence-electron chi connectivity index (χ1n) is 11.8. The normalized spacial score (nSPS) is 25.7. The molecule has 7 heteroatoms. The number of rotatable bonds is 8. The van der Waals surface area contributed by atoms with Crippen molar-refractivity contribution in [2.45, 2.75) is 83.5 Å². The molecule has 0 radical (unpaired) electrons. The van der Waals surface area contributed by atoms with Crippen molar-refractivity contribution in [2.75, 3.05) is 52.5 Å². The molecule has 2 atom stereocenters. The molecule has 3 heterocycles. The number of ether oxygens (including phenoxy) is 2.